The van der Waals surface area contributed by atoms with Gasteiger partial charge in [-0.2, -0.15) is 0 Å². The van der Waals surface area contributed by atoms with Crippen LogP contribution in [0.5, 0.6) is 11.5 Å². The van der Waals surface area contributed by atoms with Crippen molar-refractivity contribution < 1.29 is 9.53 Å². The number of para-hydroxylation sites is 1. The SMILES string of the molecule is CNc1cncc(Oc2ccccc2C(N)=O)c1. The molecule has 1 aromatic heterocycles. The molecule has 2 rings (SSSR count). The molecular formula is C13H13N3O2. The van der Waals surface area contributed by atoms with E-state index in [1.54, 1.807) is 49.8 Å². The van der Waals surface area contributed by atoms with E-state index in [2.05, 4.69) is 10.3 Å². The van der Waals surface area contributed by atoms with E-state index in [1.807, 2.05) is 0 Å². The van der Waals surface area contributed by atoms with Gasteiger partial charge in [0.05, 0.1) is 23.6 Å². The number of nitrogens with two attached hydrogens (primary N) is 1. The van der Waals surface area contributed by atoms with Gasteiger partial charge in [0, 0.05) is 13.1 Å². The molecule has 0 atom stereocenters. The highest BCUT2D eigenvalue weighted by atomic mass is 16.5. The molecule has 0 unspecified atom stereocenters. The van der Waals surface area contributed by atoms with Crippen molar-refractivity contribution in [2.24, 2.45) is 5.73 Å². The third-order valence-electron chi connectivity index (χ3n) is 2.38. The lowest BCUT2D eigenvalue weighted by Gasteiger charge is -2.09. The zero-order chi connectivity index (χ0) is 13.0. The molecule has 0 saturated carbocycles. The van der Waals surface area contributed by atoms with Gasteiger partial charge in [-0.1, -0.05) is 12.1 Å². The third-order valence-corrected chi connectivity index (χ3v) is 2.38. The van der Waals surface area contributed by atoms with Gasteiger partial charge >= 0.3 is 0 Å². The second-order valence-corrected chi connectivity index (χ2v) is 3.62. The number of amides is 1. The lowest BCUT2D eigenvalue weighted by atomic mass is 10.2. The number of pyridine rings is 1. The number of carbonyl (C=O) groups is 1. The van der Waals surface area contributed by atoms with Crippen LogP contribution < -0.4 is 15.8 Å². The van der Waals surface area contributed by atoms with E-state index in [4.69, 9.17) is 10.5 Å². The van der Waals surface area contributed by atoms with Crippen LogP contribution in [0.1, 0.15) is 10.4 Å². The summed E-state index contributed by atoms with van der Waals surface area (Å²) in [6, 6.07) is 8.59. The summed E-state index contributed by atoms with van der Waals surface area (Å²) in [5, 5.41) is 2.96. The monoisotopic (exact) mass is 243 g/mol. The number of ether oxygens (including phenoxy) is 1. The Morgan fingerprint density at radius 3 is 2.83 bits per heavy atom. The lowest BCUT2D eigenvalue weighted by molar-refractivity contribution is 0.0998. The van der Waals surface area contributed by atoms with Gasteiger partial charge in [-0.05, 0) is 12.1 Å². The summed E-state index contributed by atoms with van der Waals surface area (Å²) in [6.07, 6.45) is 3.24. The van der Waals surface area contributed by atoms with Gasteiger partial charge < -0.3 is 15.8 Å². The molecule has 0 saturated heterocycles. The summed E-state index contributed by atoms with van der Waals surface area (Å²) in [7, 11) is 1.79. The Morgan fingerprint density at radius 2 is 2.11 bits per heavy atom. The first-order chi connectivity index (χ1) is 8.70. The van der Waals surface area contributed by atoms with Crippen LogP contribution in [0.15, 0.2) is 42.7 Å². The maximum Gasteiger partial charge on any atom is 0.252 e. The number of nitrogens with zero attached hydrogens (tertiary/aromatic N) is 1. The standard InChI is InChI=1S/C13H13N3O2/c1-15-9-6-10(8-16-7-9)18-12-5-3-2-4-11(12)13(14)17/h2-8,15H,1H3,(H2,14,17). The highest BCUT2D eigenvalue weighted by Crippen LogP contribution is 2.25. The quantitative estimate of drug-likeness (QED) is 0.861. The smallest absolute Gasteiger partial charge is 0.252 e. The third kappa shape index (κ3) is 2.57. The topological polar surface area (TPSA) is 77.2 Å². The van der Waals surface area contributed by atoms with Gasteiger partial charge in [-0.25, -0.2) is 0 Å². The number of rotatable bonds is 4. The van der Waals surface area contributed by atoms with Gasteiger partial charge in [0.25, 0.3) is 5.91 Å². The summed E-state index contributed by atoms with van der Waals surface area (Å²) in [6.45, 7) is 0. The van der Waals surface area contributed by atoms with E-state index in [-0.39, 0.29) is 0 Å². The zero-order valence-electron chi connectivity index (χ0n) is 9.88. The highest BCUT2D eigenvalue weighted by molar-refractivity contribution is 5.95. The minimum Gasteiger partial charge on any atom is -0.455 e. The summed E-state index contributed by atoms with van der Waals surface area (Å²) in [5.74, 6) is 0.430. The molecule has 2 aromatic rings. The fourth-order valence-corrected chi connectivity index (χ4v) is 1.50. The van der Waals surface area contributed by atoms with Crippen LogP contribution in [0, 0.1) is 0 Å². The van der Waals surface area contributed by atoms with Gasteiger partial charge in [0.15, 0.2) is 0 Å². The predicted molar refractivity (Wildman–Crippen MR) is 68.8 cm³/mol. The molecule has 5 heteroatoms. The molecule has 5 nitrogen and oxygen atoms in total. The molecule has 0 aliphatic heterocycles. The number of benzene rings is 1. The number of nitrogens with one attached hydrogen (secondary N) is 1. The van der Waals surface area contributed by atoms with Crippen LogP contribution in [-0.2, 0) is 0 Å². The van der Waals surface area contributed by atoms with E-state index < -0.39 is 5.91 Å². The molecule has 0 aliphatic carbocycles. The summed E-state index contributed by atoms with van der Waals surface area (Å²) in [4.78, 5) is 15.3. The molecule has 0 aliphatic rings. The van der Waals surface area contributed by atoms with Crippen LogP contribution >= 0.6 is 0 Å². The van der Waals surface area contributed by atoms with Crippen molar-refractivity contribution in [3.8, 4) is 11.5 Å². The molecule has 1 heterocycles. The second kappa shape index (κ2) is 5.18. The number of anilines is 1. The van der Waals surface area contributed by atoms with Crippen molar-refractivity contribution in [3.05, 3.63) is 48.3 Å². The first kappa shape index (κ1) is 11.9. The molecule has 0 radical (unpaired) electrons. The molecule has 18 heavy (non-hydrogen) atoms. The second-order valence-electron chi connectivity index (χ2n) is 3.62. The van der Waals surface area contributed by atoms with E-state index in [1.165, 1.54) is 0 Å². The predicted octanol–water partition coefficient (Wildman–Crippen LogP) is 2.01. The maximum absolute atomic E-state index is 11.2. The number of hydrogen-bond acceptors (Lipinski definition) is 4. The first-order valence-corrected chi connectivity index (χ1v) is 5.40. The van der Waals surface area contributed by atoms with E-state index in [9.17, 15) is 4.79 Å². The van der Waals surface area contributed by atoms with E-state index >= 15 is 0 Å². The Labute approximate surface area is 105 Å². The Balaban J connectivity index is 2.31. The molecule has 0 bridgehead atoms. The Kier molecular flexibility index (Phi) is 3.43. The first-order valence-electron chi connectivity index (χ1n) is 5.40. The van der Waals surface area contributed by atoms with Gasteiger partial charge in [0.2, 0.25) is 0 Å². The van der Waals surface area contributed by atoms with Crippen molar-refractivity contribution in [2.75, 3.05) is 12.4 Å². The maximum atomic E-state index is 11.2. The normalized spacial score (nSPS) is 9.83. The summed E-state index contributed by atoms with van der Waals surface area (Å²) in [5.41, 5.74) is 6.44. The van der Waals surface area contributed by atoms with Crippen LogP contribution in [0.4, 0.5) is 5.69 Å². The molecule has 0 spiro atoms. The van der Waals surface area contributed by atoms with Crippen molar-refractivity contribution in [1.29, 1.82) is 0 Å². The van der Waals surface area contributed by atoms with Crippen molar-refractivity contribution >= 4 is 11.6 Å². The molecule has 92 valence electrons. The minimum absolute atomic E-state index is 0.340. The van der Waals surface area contributed by atoms with E-state index in [0.29, 0.717) is 17.1 Å². The summed E-state index contributed by atoms with van der Waals surface area (Å²) < 4.78 is 5.61. The average Bonchev–Trinajstić information content (AvgIpc) is 2.39. The van der Waals surface area contributed by atoms with Crippen LogP contribution in [-0.4, -0.2) is 17.9 Å². The van der Waals surface area contributed by atoms with Gasteiger partial charge in [0.1, 0.15) is 11.5 Å². The molecule has 1 aromatic carbocycles. The van der Waals surface area contributed by atoms with Crippen molar-refractivity contribution in [2.45, 2.75) is 0 Å². The molecule has 0 fully saturated rings. The highest BCUT2D eigenvalue weighted by Gasteiger charge is 2.09. The van der Waals surface area contributed by atoms with Crippen molar-refractivity contribution in [1.82, 2.24) is 4.98 Å². The molecule has 3 N–H and O–H groups in total. The Morgan fingerprint density at radius 1 is 1.33 bits per heavy atom. The number of aromatic nitrogens is 1. The number of hydrogen-bond donors (Lipinski definition) is 2. The van der Waals surface area contributed by atoms with Crippen LogP contribution in [0.3, 0.4) is 0 Å². The van der Waals surface area contributed by atoms with Crippen molar-refractivity contribution in [3.63, 3.8) is 0 Å². The number of primary amides is 1. The zero-order valence-corrected chi connectivity index (χ0v) is 9.88. The minimum atomic E-state index is -0.525. The lowest BCUT2D eigenvalue weighted by Crippen LogP contribution is -2.12. The largest absolute Gasteiger partial charge is 0.455 e. The van der Waals surface area contributed by atoms with Gasteiger partial charge in [-0.15, -0.1) is 0 Å². The van der Waals surface area contributed by atoms with Crippen LogP contribution in [0.2, 0.25) is 0 Å². The number of carbonyl (C=O) groups excluding carboxylic acids is 1. The summed E-state index contributed by atoms with van der Waals surface area (Å²) >= 11 is 0. The van der Waals surface area contributed by atoms with Crippen LogP contribution in [0.25, 0.3) is 0 Å². The van der Waals surface area contributed by atoms with E-state index in [0.717, 1.165) is 5.69 Å². The Bertz CT molecular complexity index is 570. The molecular weight excluding hydrogens is 230 g/mol. The fraction of sp³-hybridized carbons (Fsp3) is 0.0769. The average molecular weight is 243 g/mol. The Hall–Kier alpha value is -2.56. The molecule has 1 amide bonds. The fourth-order valence-electron chi connectivity index (χ4n) is 1.50. The van der Waals surface area contributed by atoms with Gasteiger partial charge in [-0.3, -0.25) is 9.78 Å².